The maximum atomic E-state index is 11.9. The Morgan fingerprint density at radius 2 is 1.78 bits per heavy atom. The predicted octanol–water partition coefficient (Wildman–Crippen LogP) is 5.70. The van der Waals surface area contributed by atoms with Crippen LogP contribution in [0.5, 0.6) is 0 Å². The van der Waals surface area contributed by atoms with Crippen LogP contribution in [-0.2, 0) is 16.1 Å². The number of hydrogen-bond donors (Lipinski definition) is 0. The highest BCUT2D eigenvalue weighted by molar-refractivity contribution is 5.88. The Labute approximate surface area is 165 Å². The quantitative estimate of drug-likeness (QED) is 0.300. The molecule has 0 heterocycles. The highest BCUT2D eigenvalue weighted by Gasteiger charge is 2.22. The zero-order valence-corrected chi connectivity index (χ0v) is 17.5. The lowest BCUT2D eigenvalue weighted by Crippen LogP contribution is -2.20. The highest BCUT2D eigenvalue weighted by Crippen LogP contribution is 2.37. The zero-order chi connectivity index (χ0) is 19.6. The van der Waals surface area contributed by atoms with Crippen LogP contribution in [-0.4, -0.2) is 31.5 Å². The van der Waals surface area contributed by atoms with E-state index in [1.165, 1.54) is 56.9 Å². The summed E-state index contributed by atoms with van der Waals surface area (Å²) in [6.07, 6.45) is 10.9. The molecule has 1 fully saturated rings. The summed E-state index contributed by atoms with van der Waals surface area (Å²) in [7, 11) is 3.83. The second kappa shape index (κ2) is 11.3. The minimum absolute atomic E-state index is 0.311. The van der Waals surface area contributed by atoms with E-state index in [0.29, 0.717) is 24.6 Å². The van der Waals surface area contributed by atoms with Crippen LogP contribution in [0.3, 0.4) is 0 Å². The van der Waals surface area contributed by atoms with Gasteiger partial charge in [0.15, 0.2) is 0 Å². The minimum Gasteiger partial charge on any atom is -0.457 e. The number of hydrogen-bond acceptors (Lipinski definition) is 3. The molecule has 1 aromatic rings. The van der Waals surface area contributed by atoms with Crippen molar-refractivity contribution in [3.05, 3.63) is 47.5 Å². The number of ether oxygens (including phenoxy) is 1. The molecule has 0 spiro atoms. The summed E-state index contributed by atoms with van der Waals surface area (Å²) in [5.74, 6) is 1.33. The molecule has 0 N–H and O–H groups in total. The van der Waals surface area contributed by atoms with Gasteiger partial charge in [-0.25, -0.2) is 4.79 Å². The predicted molar refractivity (Wildman–Crippen MR) is 113 cm³/mol. The summed E-state index contributed by atoms with van der Waals surface area (Å²) >= 11 is 0. The van der Waals surface area contributed by atoms with Gasteiger partial charge in [0.2, 0.25) is 0 Å². The Bertz CT molecular complexity index is 583. The summed E-state index contributed by atoms with van der Waals surface area (Å²) < 4.78 is 5.37. The molecule has 0 atom stereocenters. The van der Waals surface area contributed by atoms with E-state index in [2.05, 4.69) is 37.8 Å². The van der Waals surface area contributed by atoms with E-state index in [1.807, 2.05) is 19.0 Å². The first-order chi connectivity index (χ1) is 13.0. The first-order valence-electron chi connectivity index (χ1n) is 10.6. The molecule has 2 rings (SSSR count). The molecule has 1 aliphatic carbocycles. The largest absolute Gasteiger partial charge is 0.457 e. The number of esters is 1. The van der Waals surface area contributed by atoms with Crippen molar-refractivity contribution in [3.63, 3.8) is 0 Å². The SMILES string of the molecule is C=C(CN(C)C)C(=O)OCc1ccc(C2CCC(CCCCC)CC2)cc1. The van der Waals surface area contributed by atoms with E-state index in [9.17, 15) is 4.79 Å². The van der Waals surface area contributed by atoms with Gasteiger partial charge in [-0.3, -0.25) is 0 Å². The second-order valence-corrected chi connectivity index (χ2v) is 8.37. The van der Waals surface area contributed by atoms with Gasteiger partial charge in [-0.05, 0) is 62.7 Å². The van der Waals surface area contributed by atoms with Crippen molar-refractivity contribution in [3.8, 4) is 0 Å². The lowest BCUT2D eigenvalue weighted by Gasteiger charge is -2.29. The topological polar surface area (TPSA) is 29.5 Å². The smallest absolute Gasteiger partial charge is 0.335 e. The standard InChI is InChI=1S/C24H37NO2/c1-5-6-7-8-20-9-13-22(14-10-20)23-15-11-21(12-16-23)18-27-24(26)19(2)17-25(3)4/h11-12,15-16,20,22H,2,5-10,13-14,17-18H2,1,3-4H3. The summed E-state index contributed by atoms with van der Waals surface area (Å²) in [5, 5.41) is 0. The van der Waals surface area contributed by atoms with Crippen molar-refractivity contribution in [2.24, 2.45) is 5.92 Å². The number of carbonyl (C=O) groups is 1. The Morgan fingerprint density at radius 1 is 1.11 bits per heavy atom. The number of likely N-dealkylation sites (N-methyl/N-ethyl adjacent to an activating group) is 1. The van der Waals surface area contributed by atoms with Crippen LogP contribution in [0, 0.1) is 5.92 Å². The van der Waals surface area contributed by atoms with Crippen LogP contribution < -0.4 is 0 Å². The van der Waals surface area contributed by atoms with E-state index in [1.54, 1.807) is 0 Å². The molecule has 0 radical (unpaired) electrons. The van der Waals surface area contributed by atoms with Gasteiger partial charge in [0.25, 0.3) is 0 Å². The Morgan fingerprint density at radius 3 is 2.37 bits per heavy atom. The molecule has 1 saturated carbocycles. The third-order valence-corrected chi connectivity index (χ3v) is 5.68. The number of nitrogens with zero attached hydrogens (tertiary/aromatic N) is 1. The highest BCUT2D eigenvalue weighted by atomic mass is 16.5. The number of unbranched alkanes of at least 4 members (excludes halogenated alkanes) is 2. The average Bonchev–Trinajstić information content (AvgIpc) is 2.67. The maximum Gasteiger partial charge on any atom is 0.335 e. The van der Waals surface area contributed by atoms with Crippen LogP contribution in [0.4, 0.5) is 0 Å². The third kappa shape index (κ3) is 7.50. The van der Waals surface area contributed by atoms with E-state index in [0.717, 1.165) is 11.5 Å². The summed E-state index contributed by atoms with van der Waals surface area (Å²) in [5.41, 5.74) is 2.97. The molecular formula is C24H37NO2. The summed E-state index contributed by atoms with van der Waals surface area (Å²) in [6, 6.07) is 8.65. The van der Waals surface area contributed by atoms with Crippen LogP contribution in [0.15, 0.2) is 36.4 Å². The zero-order valence-electron chi connectivity index (χ0n) is 17.5. The summed E-state index contributed by atoms with van der Waals surface area (Å²) in [6.45, 7) is 6.92. The van der Waals surface area contributed by atoms with Crippen molar-refractivity contribution < 1.29 is 9.53 Å². The van der Waals surface area contributed by atoms with E-state index >= 15 is 0 Å². The molecule has 0 bridgehead atoms. The molecule has 0 aliphatic heterocycles. The third-order valence-electron chi connectivity index (χ3n) is 5.68. The van der Waals surface area contributed by atoms with Gasteiger partial charge in [0.1, 0.15) is 6.61 Å². The molecule has 0 unspecified atom stereocenters. The lowest BCUT2D eigenvalue weighted by atomic mass is 9.77. The molecule has 1 aliphatic rings. The van der Waals surface area contributed by atoms with Crippen molar-refractivity contribution in [2.45, 2.75) is 70.8 Å². The van der Waals surface area contributed by atoms with Crippen LogP contribution in [0.25, 0.3) is 0 Å². The average molecular weight is 372 g/mol. The number of carbonyl (C=O) groups excluding carboxylic acids is 1. The van der Waals surface area contributed by atoms with Crippen molar-refractivity contribution in [2.75, 3.05) is 20.6 Å². The molecule has 27 heavy (non-hydrogen) atoms. The number of benzene rings is 1. The molecule has 3 nitrogen and oxygen atoms in total. The molecule has 0 saturated heterocycles. The maximum absolute atomic E-state index is 11.9. The van der Waals surface area contributed by atoms with Gasteiger partial charge in [0.05, 0.1) is 0 Å². The Hall–Kier alpha value is -1.61. The molecule has 0 aromatic heterocycles. The van der Waals surface area contributed by atoms with E-state index < -0.39 is 0 Å². The van der Waals surface area contributed by atoms with Gasteiger partial charge in [-0.2, -0.15) is 0 Å². The van der Waals surface area contributed by atoms with Gasteiger partial charge in [-0.1, -0.05) is 63.5 Å². The monoisotopic (exact) mass is 371 g/mol. The number of rotatable bonds is 10. The fourth-order valence-electron chi connectivity index (χ4n) is 4.05. The van der Waals surface area contributed by atoms with E-state index in [4.69, 9.17) is 4.74 Å². The molecule has 1 aromatic carbocycles. The molecule has 0 amide bonds. The van der Waals surface area contributed by atoms with E-state index in [-0.39, 0.29) is 5.97 Å². The van der Waals surface area contributed by atoms with Gasteiger partial charge < -0.3 is 9.64 Å². The first kappa shape index (κ1) is 21.7. The Balaban J connectivity index is 1.75. The van der Waals surface area contributed by atoms with Crippen molar-refractivity contribution >= 4 is 5.97 Å². The van der Waals surface area contributed by atoms with Crippen LogP contribution >= 0.6 is 0 Å². The normalized spacial score (nSPS) is 19.9. The van der Waals surface area contributed by atoms with Gasteiger partial charge in [-0.15, -0.1) is 0 Å². The fourth-order valence-corrected chi connectivity index (χ4v) is 4.05. The van der Waals surface area contributed by atoms with Crippen molar-refractivity contribution in [1.29, 1.82) is 0 Å². The van der Waals surface area contributed by atoms with Gasteiger partial charge >= 0.3 is 5.97 Å². The summed E-state index contributed by atoms with van der Waals surface area (Å²) in [4.78, 5) is 13.9. The lowest BCUT2D eigenvalue weighted by molar-refractivity contribution is -0.140. The molecule has 3 heteroatoms. The molecule has 150 valence electrons. The van der Waals surface area contributed by atoms with Crippen LogP contribution in [0.2, 0.25) is 0 Å². The second-order valence-electron chi connectivity index (χ2n) is 8.37. The van der Waals surface area contributed by atoms with Gasteiger partial charge in [0, 0.05) is 12.1 Å². The molecular weight excluding hydrogens is 334 g/mol. The fraction of sp³-hybridized carbons (Fsp3) is 0.625. The van der Waals surface area contributed by atoms with Crippen molar-refractivity contribution in [1.82, 2.24) is 4.90 Å². The Kier molecular flexibility index (Phi) is 9.06. The first-order valence-corrected chi connectivity index (χ1v) is 10.6. The van der Waals surface area contributed by atoms with Crippen LogP contribution in [0.1, 0.15) is 75.3 Å². The minimum atomic E-state index is -0.311.